The zero-order chi connectivity index (χ0) is 21.4. The largest absolute Gasteiger partial charge is 0.454 e. The van der Waals surface area contributed by atoms with Gasteiger partial charge in [-0.1, -0.05) is 0 Å². The number of fused-ring (bicyclic) bond motifs is 1. The molecule has 158 valence electrons. The summed E-state index contributed by atoms with van der Waals surface area (Å²) in [6.07, 6.45) is 4.65. The van der Waals surface area contributed by atoms with Gasteiger partial charge in [-0.25, -0.2) is 15.0 Å². The van der Waals surface area contributed by atoms with E-state index in [0.29, 0.717) is 40.9 Å². The van der Waals surface area contributed by atoms with Gasteiger partial charge in [0.25, 0.3) is 5.56 Å². The highest BCUT2D eigenvalue weighted by atomic mass is 16.7. The Hall–Kier alpha value is -3.75. The van der Waals surface area contributed by atoms with Crippen molar-refractivity contribution in [2.75, 3.05) is 24.8 Å². The number of piperidine rings is 1. The van der Waals surface area contributed by atoms with Crippen molar-refractivity contribution in [1.82, 2.24) is 19.5 Å². The van der Waals surface area contributed by atoms with Gasteiger partial charge in [-0.3, -0.25) is 14.2 Å². The summed E-state index contributed by atoms with van der Waals surface area (Å²) in [6.45, 7) is 1.38. The predicted molar refractivity (Wildman–Crippen MR) is 112 cm³/mol. The number of nitrogens with zero attached hydrogens (tertiary/aromatic N) is 5. The van der Waals surface area contributed by atoms with Gasteiger partial charge in [0, 0.05) is 43.9 Å². The van der Waals surface area contributed by atoms with Crippen LogP contribution in [0.25, 0.3) is 11.4 Å². The van der Waals surface area contributed by atoms with Crippen LogP contribution in [0.3, 0.4) is 0 Å². The summed E-state index contributed by atoms with van der Waals surface area (Å²) >= 11 is 0. The van der Waals surface area contributed by atoms with Gasteiger partial charge in [-0.2, -0.15) is 0 Å². The van der Waals surface area contributed by atoms with E-state index in [1.807, 2.05) is 4.90 Å². The summed E-state index contributed by atoms with van der Waals surface area (Å²) in [6, 6.07) is 8.47. The van der Waals surface area contributed by atoms with E-state index in [-0.39, 0.29) is 24.1 Å². The fourth-order valence-electron chi connectivity index (χ4n) is 4.04. The van der Waals surface area contributed by atoms with Crippen molar-refractivity contribution in [1.29, 1.82) is 0 Å². The SMILES string of the molecule is Cn1c(N2CCCC(C(=O)c3ccc4c(c3)OCO4)C2)nc(-c2ccncn2)cc1=O. The number of ketones is 1. The van der Waals surface area contributed by atoms with E-state index >= 15 is 0 Å². The normalized spacial score (nSPS) is 17.6. The number of rotatable bonds is 4. The summed E-state index contributed by atoms with van der Waals surface area (Å²) in [5.74, 6) is 1.64. The van der Waals surface area contributed by atoms with Crippen molar-refractivity contribution in [2.45, 2.75) is 12.8 Å². The van der Waals surface area contributed by atoms with E-state index < -0.39 is 0 Å². The highest BCUT2D eigenvalue weighted by Gasteiger charge is 2.29. The number of anilines is 1. The molecule has 1 saturated heterocycles. The Kier molecular flexibility index (Phi) is 4.85. The van der Waals surface area contributed by atoms with Gasteiger partial charge in [0.2, 0.25) is 12.7 Å². The minimum atomic E-state index is -0.200. The van der Waals surface area contributed by atoms with Crippen LogP contribution >= 0.6 is 0 Å². The molecule has 0 aliphatic carbocycles. The Morgan fingerprint density at radius 3 is 2.84 bits per heavy atom. The lowest BCUT2D eigenvalue weighted by Gasteiger charge is -2.33. The van der Waals surface area contributed by atoms with Crippen LogP contribution in [0.5, 0.6) is 11.5 Å². The Morgan fingerprint density at radius 2 is 2.00 bits per heavy atom. The monoisotopic (exact) mass is 419 g/mol. The first-order valence-corrected chi connectivity index (χ1v) is 10.1. The van der Waals surface area contributed by atoms with Crippen LogP contribution in [0, 0.1) is 5.92 Å². The van der Waals surface area contributed by atoms with E-state index in [1.54, 1.807) is 37.5 Å². The fraction of sp³-hybridized carbons (Fsp3) is 0.318. The van der Waals surface area contributed by atoms with Crippen molar-refractivity contribution in [3.63, 3.8) is 0 Å². The van der Waals surface area contributed by atoms with Gasteiger partial charge < -0.3 is 14.4 Å². The molecule has 1 fully saturated rings. The molecular weight excluding hydrogens is 398 g/mol. The zero-order valence-corrected chi connectivity index (χ0v) is 17.0. The summed E-state index contributed by atoms with van der Waals surface area (Å²) in [4.78, 5) is 40.6. The van der Waals surface area contributed by atoms with E-state index in [1.165, 1.54) is 17.0 Å². The van der Waals surface area contributed by atoms with Crippen LogP contribution < -0.4 is 19.9 Å². The molecule has 5 rings (SSSR count). The Morgan fingerprint density at radius 1 is 1.13 bits per heavy atom. The lowest BCUT2D eigenvalue weighted by atomic mass is 9.90. The van der Waals surface area contributed by atoms with Crippen molar-refractivity contribution >= 4 is 11.7 Å². The predicted octanol–water partition coefficient (Wildman–Crippen LogP) is 2.07. The van der Waals surface area contributed by atoms with Gasteiger partial charge in [0.05, 0.1) is 11.4 Å². The summed E-state index contributed by atoms with van der Waals surface area (Å²) in [5, 5.41) is 0. The molecule has 4 heterocycles. The van der Waals surface area contributed by atoms with Crippen molar-refractivity contribution in [2.24, 2.45) is 13.0 Å². The zero-order valence-electron chi connectivity index (χ0n) is 17.0. The molecule has 0 spiro atoms. The van der Waals surface area contributed by atoms with Crippen molar-refractivity contribution in [3.8, 4) is 22.9 Å². The number of ether oxygens (including phenoxy) is 2. The van der Waals surface area contributed by atoms with E-state index in [0.717, 1.165) is 19.4 Å². The minimum absolute atomic E-state index is 0.0555. The Labute approximate surface area is 178 Å². The van der Waals surface area contributed by atoms with Gasteiger partial charge in [-0.15, -0.1) is 0 Å². The molecule has 3 aromatic rings. The van der Waals surface area contributed by atoms with Crippen LogP contribution in [0.2, 0.25) is 0 Å². The highest BCUT2D eigenvalue weighted by Crippen LogP contribution is 2.34. The summed E-state index contributed by atoms with van der Waals surface area (Å²) in [5.41, 5.74) is 1.50. The maximum Gasteiger partial charge on any atom is 0.255 e. The topological polar surface area (TPSA) is 99.4 Å². The van der Waals surface area contributed by atoms with Gasteiger partial charge >= 0.3 is 0 Å². The molecule has 0 saturated carbocycles. The third-order valence-corrected chi connectivity index (χ3v) is 5.69. The van der Waals surface area contributed by atoms with Crippen LogP contribution in [0.4, 0.5) is 5.95 Å². The van der Waals surface area contributed by atoms with Crippen LogP contribution in [-0.2, 0) is 7.05 Å². The highest BCUT2D eigenvalue weighted by molar-refractivity contribution is 5.99. The third kappa shape index (κ3) is 3.63. The van der Waals surface area contributed by atoms with Crippen LogP contribution in [-0.4, -0.2) is 45.2 Å². The maximum atomic E-state index is 13.2. The molecule has 2 aliphatic rings. The number of hydrogen-bond donors (Lipinski definition) is 0. The molecule has 9 heteroatoms. The van der Waals surface area contributed by atoms with E-state index in [9.17, 15) is 9.59 Å². The second kappa shape index (κ2) is 7.82. The molecule has 1 aromatic carbocycles. The first-order valence-electron chi connectivity index (χ1n) is 10.1. The second-order valence-corrected chi connectivity index (χ2v) is 7.65. The number of aromatic nitrogens is 4. The molecule has 0 N–H and O–H groups in total. The Bertz CT molecular complexity index is 1190. The first kappa shape index (κ1) is 19.2. The van der Waals surface area contributed by atoms with Crippen molar-refractivity contribution < 1.29 is 14.3 Å². The number of carbonyl (C=O) groups excluding carboxylic acids is 1. The molecule has 1 unspecified atom stereocenters. The summed E-state index contributed by atoms with van der Waals surface area (Å²) < 4.78 is 12.3. The number of benzene rings is 1. The average Bonchev–Trinajstić information content (AvgIpc) is 3.29. The van der Waals surface area contributed by atoms with E-state index in [2.05, 4.69) is 9.97 Å². The smallest absolute Gasteiger partial charge is 0.255 e. The van der Waals surface area contributed by atoms with Gasteiger partial charge in [0.15, 0.2) is 17.3 Å². The van der Waals surface area contributed by atoms with Crippen LogP contribution in [0.1, 0.15) is 23.2 Å². The molecule has 2 aromatic heterocycles. The molecule has 9 nitrogen and oxygen atoms in total. The van der Waals surface area contributed by atoms with E-state index in [4.69, 9.17) is 14.5 Å². The quantitative estimate of drug-likeness (QED) is 0.593. The van der Waals surface area contributed by atoms with Crippen LogP contribution in [0.15, 0.2) is 47.7 Å². The average molecular weight is 419 g/mol. The first-order chi connectivity index (χ1) is 15.1. The Balaban J connectivity index is 1.42. The molecule has 0 amide bonds. The minimum Gasteiger partial charge on any atom is -0.454 e. The summed E-state index contributed by atoms with van der Waals surface area (Å²) in [7, 11) is 1.69. The molecule has 2 aliphatic heterocycles. The molecule has 1 atom stereocenters. The second-order valence-electron chi connectivity index (χ2n) is 7.65. The maximum absolute atomic E-state index is 13.2. The van der Waals surface area contributed by atoms with Gasteiger partial charge in [0.1, 0.15) is 6.33 Å². The number of Topliss-reactive ketones (excluding diaryl/α,β-unsaturated/α-hetero) is 1. The number of carbonyl (C=O) groups is 1. The lowest BCUT2D eigenvalue weighted by Crippen LogP contribution is -2.41. The molecule has 0 radical (unpaired) electrons. The fourth-order valence-corrected chi connectivity index (χ4v) is 4.04. The molecule has 31 heavy (non-hydrogen) atoms. The third-order valence-electron chi connectivity index (χ3n) is 5.69. The molecule has 0 bridgehead atoms. The van der Waals surface area contributed by atoms with Gasteiger partial charge in [-0.05, 0) is 37.1 Å². The number of hydrogen-bond acceptors (Lipinski definition) is 8. The lowest BCUT2D eigenvalue weighted by molar-refractivity contribution is 0.0906. The standard InChI is InChI=1S/C22H21N5O4/c1-26-20(28)10-17(16-6-7-23-12-24-16)25-22(26)27-8-2-3-15(11-27)21(29)14-4-5-18-19(9-14)31-13-30-18/h4-7,9-10,12,15H,2-3,8,11,13H2,1H3. The molecular formula is C22H21N5O4. The van der Waals surface area contributed by atoms with Crippen molar-refractivity contribution in [3.05, 3.63) is 58.8 Å².